The summed E-state index contributed by atoms with van der Waals surface area (Å²) in [5, 5.41) is 39.2. The van der Waals surface area contributed by atoms with Crippen LogP contribution in [0.25, 0.3) is 0 Å². The standard InChI is InChI=1S/C7H15NO4/c9-3-6(11)7(12)4-1-8-2-5(4)10/h4-12H,1-3H2/t4-,5-,6+,7-/m0/s1. The zero-order valence-electron chi connectivity index (χ0n) is 6.72. The van der Waals surface area contributed by atoms with Crippen molar-refractivity contribution in [2.75, 3.05) is 19.7 Å². The van der Waals surface area contributed by atoms with E-state index >= 15 is 0 Å². The Morgan fingerprint density at radius 1 is 1.33 bits per heavy atom. The fourth-order valence-electron chi connectivity index (χ4n) is 1.43. The van der Waals surface area contributed by atoms with Gasteiger partial charge in [0.05, 0.1) is 18.8 Å². The molecule has 5 N–H and O–H groups in total. The van der Waals surface area contributed by atoms with E-state index in [0.717, 1.165) is 0 Å². The quantitative estimate of drug-likeness (QED) is 0.323. The van der Waals surface area contributed by atoms with Crippen LogP contribution in [0.1, 0.15) is 0 Å². The van der Waals surface area contributed by atoms with Crippen molar-refractivity contribution in [3.05, 3.63) is 0 Å². The lowest BCUT2D eigenvalue weighted by atomic mass is 9.95. The lowest BCUT2D eigenvalue weighted by molar-refractivity contribution is -0.0609. The Bertz CT molecular complexity index is 143. The van der Waals surface area contributed by atoms with Crippen LogP contribution in [0.4, 0.5) is 0 Å². The highest BCUT2D eigenvalue weighted by Gasteiger charge is 2.34. The number of nitrogens with one attached hydrogen (secondary N) is 1. The van der Waals surface area contributed by atoms with Gasteiger partial charge in [-0.3, -0.25) is 0 Å². The van der Waals surface area contributed by atoms with Crippen LogP contribution in [0.2, 0.25) is 0 Å². The predicted octanol–water partition coefficient (Wildman–Crippen LogP) is -2.72. The van der Waals surface area contributed by atoms with Crippen LogP contribution in [-0.2, 0) is 0 Å². The van der Waals surface area contributed by atoms with Crippen molar-refractivity contribution in [1.29, 1.82) is 0 Å². The minimum atomic E-state index is -1.16. The molecular formula is C7H15NO4. The van der Waals surface area contributed by atoms with E-state index in [1.807, 2.05) is 0 Å². The number of β-amino-alcohol motifs (C(OH)–C–C–N with tert-alkyl or cyclic N) is 1. The van der Waals surface area contributed by atoms with E-state index in [0.29, 0.717) is 13.1 Å². The van der Waals surface area contributed by atoms with E-state index in [1.165, 1.54) is 0 Å². The molecule has 0 aromatic carbocycles. The molecule has 12 heavy (non-hydrogen) atoms. The van der Waals surface area contributed by atoms with Crippen LogP contribution in [0.15, 0.2) is 0 Å². The van der Waals surface area contributed by atoms with Crippen LogP contribution >= 0.6 is 0 Å². The lowest BCUT2D eigenvalue weighted by Crippen LogP contribution is -2.41. The molecule has 1 heterocycles. The molecule has 5 heteroatoms. The molecule has 0 spiro atoms. The van der Waals surface area contributed by atoms with Crippen molar-refractivity contribution in [3.63, 3.8) is 0 Å². The average molecular weight is 177 g/mol. The fraction of sp³-hybridized carbons (Fsp3) is 1.00. The average Bonchev–Trinajstić information content (AvgIpc) is 2.48. The van der Waals surface area contributed by atoms with Gasteiger partial charge in [0.15, 0.2) is 0 Å². The molecule has 1 fully saturated rings. The number of hydrogen-bond acceptors (Lipinski definition) is 5. The summed E-state index contributed by atoms with van der Waals surface area (Å²) in [6, 6.07) is 0. The van der Waals surface area contributed by atoms with Crippen molar-refractivity contribution < 1.29 is 20.4 Å². The summed E-state index contributed by atoms with van der Waals surface area (Å²) >= 11 is 0. The van der Waals surface area contributed by atoms with Crippen molar-refractivity contribution in [1.82, 2.24) is 5.32 Å². The molecule has 1 aliphatic heterocycles. The maximum absolute atomic E-state index is 9.38. The third kappa shape index (κ3) is 1.94. The second-order valence-corrected chi connectivity index (χ2v) is 3.13. The highest BCUT2D eigenvalue weighted by Crippen LogP contribution is 2.16. The van der Waals surface area contributed by atoms with Gasteiger partial charge in [-0.2, -0.15) is 0 Å². The van der Waals surface area contributed by atoms with Gasteiger partial charge >= 0.3 is 0 Å². The van der Waals surface area contributed by atoms with Gasteiger partial charge in [0.2, 0.25) is 0 Å². The largest absolute Gasteiger partial charge is 0.394 e. The zero-order valence-corrected chi connectivity index (χ0v) is 6.72. The first-order valence-corrected chi connectivity index (χ1v) is 4.02. The summed E-state index contributed by atoms with van der Waals surface area (Å²) in [6.07, 6.45) is -2.86. The molecule has 1 rings (SSSR count). The van der Waals surface area contributed by atoms with Crippen molar-refractivity contribution in [2.45, 2.75) is 18.3 Å². The number of hydrogen-bond donors (Lipinski definition) is 5. The Morgan fingerprint density at radius 2 is 2.00 bits per heavy atom. The fourth-order valence-corrected chi connectivity index (χ4v) is 1.43. The van der Waals surface area contributed by atoms with E-state index < -0.39 is 24.9 Å². The first kappa shape index (κ1) is 9.88. The Labute approximate surface area is 70.6 Å². The van der Waals surface area contributed by atoms with Gasteiger partial charge in [-0.15, -0.1) is 0 Å². The summed E-state index contributed by atoms with van der Waals surface area (Å²) in [5.41, 5.74) is 0. The molecular weight excluding hydrogens is 162 g/mol. The van der Waals surface area contributed by atoms with Gasteiger partial charge in [-0.1, -0.05) is 0 Å². The molecule has 0 radical (unpaired) electrons. The molecule has 0 aliphatic carbocycles. The molecule has 72 valence electrons. The van der Waals surface area contributed by atoms with Crippen molar-refractivity contribution >= 4 is 0 Å². The molecule has 0 amide bonds. The van der Waals surface area contributed by atoms with Crippen molar-refractivity contribution in [3.8, 4) is 0 Å². The first-order valence-electron chi connectivity index (χ1n) is 4.02. The second kappa shape index (κ2) is 4.15. The normalized spacial score (nSPS) is 35.0. The highest BCUT2D eigenvalue weighted by atomic mass is 16.4. The maximum Gasteiger partial charge on any atom is 0.103 e. The Kier molecular flexibility index (Phi) is 3.42. The Balaban J connectivity index is 2.45. The van der Waals surface area contributed by atoms with Gasteiger partial charge in [0, 0.05) is 19.0 Å². The van der Waals surface area contributed by atoms with Crippen LogP contribution in [0, 0.1) is 5.92 Å². The van der Waals surface area contributed by atoms with Crippen LogP contribution in [0.3, 0.4) is 0 Å². The highest BCUT2D eigenvalue weighted by molar-refractivity contribution is 4.88. The van der Waals surface area contributed by atoms with Gasteiger partial charge < -0.3 is 25.7 Å². The summed E-state index contributed by atoms with van der Waals surface area (Å²) in [4.78, 5) is 0. The molecule has 1 saturated heterocycles. The van der Waals surface area contributed by atoms with E-state index in [9.17, 15) is 10.2 Å². The molecule has 4 atom stereocenters. The number of rotatable bonds is 3. The third-order valence-electron chi connectivity index (χ3n) is 2.25. The van der Waals surface area contributed by atoms with Crippen LogP contribution in [0.5, 0.6) is 0 Å². The van der Waals surface area contributed by atoms with Gasteiger partial charge in [0.1, 0.15) is 6.10 Å². The molecule has 0 unspecified atom stereocenters. The van der Waals surface area contributed by atoms with Crippen molar-refractivity contribution in [2.24, 2.45) is 5.92 Å². The lowest BCUT2D eigenvalue weighted by Gasteiger charge is -2.23. The topological polar surface area (TPSA) is 93.0 Å². The van der Waals surface area contributed by atoms with Crippen LogP contribution < -0.4 is 5.32 Å². The first-order chi connectivity index (χ1) is 5.66. The molecule has 0 bridgehead atoms. The maximum atomic E-state index is 9.38. The summed E-state index contributed by atoms with van der Waals surface area (Å²) in [7, 11) is 0. The monoisotopic (exact) mass is 177 g/mol. The van der Waals surface area contributed by atoms with E-state index in [1.54, 1.807) is 0 Å². The van der Waals surface area contributed by atoms with E-state index in [2.05, 4.69) is 5.32 Å². The van der Waals surface area contributed by atoms with E-state index in [-0.39, 0.29) is 5.92 Å². The van der Waals surface area contributed by atoms with Gasteiger partial charge in [-0.05, 0) is 0 Å². The minimum absolute atomic E-state index is 0.382. The third-order valence-corrected chi connectivity index (χ3v) is 2.25. The van der Waals surface area contributed by atoms with E-state index in [4.69, 9.17) is 10.2 Å². The predicted molar refractivity (Wildman–Crippen MR) is 41.5 cm³/mol. The smallest absolute Gasteiger partial charge is 0.103 e. The second-order valence-electron chi connectivity index (χ2n) is 3.13. The zero-order chi connectivity index (χ0) is 9.14. The van der Waals surface area contributed by atoms with Crippen LogP contribution in [-0.4, -0.2) is 58.4 Å². The van der Waals surface area contributed by atoms with Gasteiger partial charge in [-0.25, -0.2) is 0 Å². The molecule has 5 nitrogen and oxygen atoms in total. The summed E-state index contributed by atoms with van der Waals surface area (Å²) in [5.74, 6) is -0.382. The molecule has 0 aromatic rings. The molecule has 1 aliphatic rings. The Morgan fingerprint density at radius 3 is 2.42 bits per heavy atom. The Hall–Kier alpha value is -0.200. The summed E-state index contributed by atoms with van der Waals surface area (Å²) in [6.45, 7) is 0.420. The number of aliphatic hydroxyl groups excluding tert-OH is 4. The number of aliphatic hydroxyl groups is 4. The minimum Gasteiger partial charge on any atom is -0.394 e. The molecule has 0 saturated carbocycles. The van der Waals surface area contributed by atoms with Gasteiger partial charge in [0.25, 0.3) is 0 Å². The summed E-state index contributed by atoms with van der Waals surface area (Å²) < 4.78 is 0. The molecule has 0 aromatic heterocycles. The SMILES string of the molecule is OC[C@@H](O)[C@@H](O)[C@H]1CNC[C@@H]1O.